The summed E-state index contributed by atoms with van der Waals surface area (Å²) in [6, 6.07) is 0. The molecule has 0 aliphatic carbocycles. The van der Waals surface area contributed by atoms with Crippen LogP contribution < -0.4 is 5.69 Å². The van der Waals surface area contributed by atoms with Gasteiger partial charge >= 0.3 is 5.69 Å². The van der Waals surface area contributed by atoms with E-state index in [1.807, 2.05) is 13.2 Å². The third kappa shape index (κ3) is 2.43. The van der Waals surface area contributed by atoms with Crippen molar-refractivity contribution in [1.82, 2.24) is 9.55 Å². The number of aromatic nitrogens is 2. The fraction of sp³-hybridized carbons (Fsp3) is 0.636. The Morgan fingerprint density at radius 1 is 1.72 bits per heavy atom. The van der Waals surface area contributed by atoms with Crippen LogP contribution in [0, 0.1) is 6.92 Å². The predicted molar refractivity (Wildman–Crippen MR) is 65.5 cm³/mol. The van der Waals surface area contributed by atoms with Gasteiger partial charge in [-0.15, -0.1) is 11.8 Å². The summed E-state index contributed by atoms with van der Waals surface area (Å²) in [7, 11) is 0. The van der Waals surface area contributed by atoms with Crippen molar-refractivity contribution >= 4 is 11.8 Å². The zero-order valence-corrected chi connectivity index (χ0v) is 11.0. The number of thioether (sulfide) groups is 1. The van der Waals surface area contributed by atoms with Crippen LogP contribution in [0.1, 0.15) is 18.2 Å². The number of hydrogen-bond donors (Lipinski definition) is 1. The molecular formula is C11H15FN2O3S. The molecule has 5 nitrogen and oxygen atoms in total. The van der Waals surface area contributed by atoms with E-state index in [1.54, 1.807) is 6.20 Å². The Hall–Kier alpha value is -0.920. The maximum Gasteiger partial charge on any atom is 0.350 e. The monoisotopic (exact) mass is 274 g/mol. The molecule has 1 aromatic rings. The number of hydrogen-bond acceptors (Lipinski definition) is 5. The van der Waals surface area contributed by atoms with Gasteiger partial charge in [-0.2, -0.15) is 4.98 Å². The number of halogens is 1. The first-order chi connectivity index (χ1) is 8.56. The van der Waals surface area contributed by atoms with Crippen molar-refractivity contribution in [1.29, 1.82) is 0 Å². The van der Waals surface area contributed by atoms with Crippen LogP contribution >= 0.6 is 11.8 Å². The van der Waals surface area contributed by atoms with Gasteiger partial charge in [-0.05, 0) is 18.7 Å². The first kappa shape index (κ1) is 13.5. The Kier molecular flexibility index (Phi) is 4.04. The van der Waals surface area contributed by atoms with Crippen LogP contribution in [-0.4, -0.2) is 39.8 Å². The second-order valence-corrected chi connectivity index (χ2v) is 4.98. The molecule has 2 heterocycles. The summed E-state index contributed by atoms with van der Waals surface area (Å²) < 4.78 is 20.1. The molecule has 0 radical (unpaired) electrons. The van der Waals surface area contributed by atoms with Gasteiger partial charge in [-0.25, -0.2) is 9.18 Å². The average molecular weight is 274 g/mol. The lowest BCUT2D eigenvalue weighted by Crippen LogP contribution is -2.28. The van der Waals surface area contributed by atoms with Crippen molar-refractivity contribution in [2.45, 2.75) is 36.9 Å². The molecule has 0 spiro atoms. The van der Waals surface area contributed by atoms with Gasteiger partial charge in [-0.3, -0.25) is 4.57 Å². The van der Waals surface area contributed by atoms with Crippen molar-refractivity contribution in [3.8, 4) is 0 Å². The molecular weight excluding hydrogens is 259 g/mol. The van der Waals surface area contributed by atoms with Gasteiger partial charge in [0.1, 0.15) is 23.5 Å². The first-order valence-electron chi connectivity index (χ1n) is 5.61. The Labute approximate surface area is 108 Å². The Balaban J connectivity index is 2.30. The molecule has 0 bridgehead atoms. The van der Waals surface area contributed by atoms with E-state index >= 15 is 0 Å². The summed E-state index contributed by atoms with van der Waals surface area (Å²) >= 11 is 1.39. The van der Waals surface area contributed by atoms with Gasteiger partial charge in [0.05, 0.1) is 6.61 Å². The molecule has 3 atom stereocenters. The smallest absolute Gasteiger partial charge is 0.350 e. The summed E-state index contributed by atoms with van der Waals surface area (Å²) in [6.45, 7) is 1.45. The van der Waals surface area contributed by atoms with Crippen molar-refractivity contribution in [3.05, 3.63) is 22.2 Å². The summed E-state index contributed by atoms with van der Waals surface area (Å²) in [6.07, 6.45) is 0.718. The topological polar surface area (TPSA) is 64.4 Å². The third-order valence-corrected chi connectivity index (χ3v) is 3.73. The van der Waals surface area contributed by atoms with Crippen molar-refractivity contribution in [3.63, 3.8) is 0 Å². The maximum atomic E-state index is 13.5. The molecule has 0 amide bonds. The standard InChI is InChI=1S/C11H15FN2O3S/c1-6-4-14(11(16)13-10(6)18-2)9-3-7(12)8(5-15)17-9/h4,7-9,15H,3,5H2,1-2H3/t7-,8+,9+/m0/s1. The SMILES string of the molecule is CSc1nc(=O)n([C@H]2C[C@H](F)[C@@H](CO)O2)cc1C. The van der Waals surface area contributed by atoms with E-state index in [1.165, 1.54) is 16.3 Å². The van der Waals surface area contributed by atoms with Gasteiger partial charge in [-0.1, -0.05) is 0 Å². The number of alkyl halides is 1. The predicted octanol–water partition coefficient (Wildman–Crippen LogP) is 0.892. The highest BCUT2D eigenvalue weighted by Gasteiger charge is 2.36. The van der Waals surface area contributed by atoms with Gasteiger partial charge in [0.2, 0.25) is 0 Å². The molecule has 1 fully saturated rings. The fourth-order valence-electron chi connectivity index (χ4n) is 1.99. The zero-order chi connectivity index (χ0) is 13.3. The van der Waals surface area contributed by atoms with Gasteiger partial charge in [0.15, 0.2) is 0 Å². The highest BCUT2D eigenvalue weighted by molar-refractivity contribution is 7.98. The minimum atomic E-state index is -1.26. The molecule has 2 rings (SSSR count). The normalized spacial score (nSPS) is 27.7. The summed E-state index contributed by atoms with van der Waals surface area (Å²) in [4.78, 5) is 15.7. The zero-order valence-electron chi connectivity index (χ0n) is 10.2. The van der Waals surface area contributed by atoms with E-state index in [9.17, 15) is 9.18 Å². The lowest BCUT2D eigenvalue weighted by Gasteiger charge is -2.15. The lowest BCUT2D eigenvalue weighted by atomic mass is 10.2. The van der Waals surface area contributed by atoms with E-state index in [4.69, 9.17) is 9.84 Å². The summed E-state index contributed by atoms with van der Waals surface area (Å²) in [5, 5.41) is 9.59. The number of nitrogens with zero attached hydrogens (tertiary/aromatic N) is 2. The summed E-state index contributed by atoms with van der Waals surface area (Å²) in [5.74, 6) is 0. The van der Waals surface area contributed by atoms with Crippen LogP contribution in [0.4, 0.5) is 4.39 Å². The van der Waals surface area contributed by atoms with Gasteiger partial charge in [0.25, 0.3) is 0 Å². The average Bonchev–Trinajstić information content (AvgIpc) is 2.72. The minimum absolute atomic E-state index is 0.0604. The maximum absolute atomic E-state index is 13.5. The lowest BCUT2D eigenvalue weighted by molar-refractivity contribution is -0.0357. The largest absolute Gasteiger partial charge is 0.394 e. The number of aryl methyl sites for hydroxylation is 1. The quantitative estimate of drug-likeness (QED) is 0.655. The molecule has 100 valence electrons. The number of rotatable bonds is 3. The van der Waals surface area contributed by atoms with E-state index in [0.717, 1.165) is 5.56 Å². The van der Waals surface area contributed by atoms with Crippen molar-refractivity contribution < 1.29 is 14.2 Å². The van der Waals surface area contributed by atoms with Gasteiger partial charge < -0.3 is 9.84 Å². The van der Waals surface area contributed by atoms with Crippen LogP contribution in [0.15, 0.2) is 16.0 Å². The van der Waals surface area contributed by atoms with E-state index < -0.39 is 24.2 Å². The Bertz CT molecular complexity index is 494. The first-order valence-corrected chi connectivity index (χ1v) is 6.83. The molecule has 1 aromatic heterocycles. The molecule has 1 aliphatic rings. The highest BCUT2D eigenvalue weighted by atomic mass is 32.2. The molecule has 1 aliphatic heterocycles. The number of aliphatic hydroxyl groups excluding tert-OH is 1. The molecule has 0 aromatic carbocycles. The van der Waals surface area contributed by atoms with E-state index in [2.05, 4.69) is 4.98 Å². The van der Waals surface area contributed by atoms with Crippen LogP contribution in [0.2, 0.25) is 0 Å². The van der Waals surface area contributed by atoms with E-state index in [0.29, 0.717) is 5.03 Å². The Morgan fingerprint density at radius 3 is 3.00 bits per heavy atom. The number of ether oxygens (including phenoxy) is 1. The van der Waals surface area contributed by atoms with E-state index in [-0.39, 0.29) is 13.0 Å². The van der Waals surface area contributed by atoms with Crippen molar-refractivity contribution in [2.75, 3.05) is 12.9 Å². The second kappa shape index (κ2) is 5.38. The highest BCUT2D eigenvalue weighted by Crippen LogP contribution is 2.30. The third-order valence-electron chi connectivity index (χ3n) is 2.93. The molecule has 7 heteroatoms. The fourth-order valence-corrected chi connectivity index (χ4v) is 2.53. The molecule has 0 unspecified atom stereocenters. The summed E-state index contributed by atoms with van der Waals surface area (Å²) in [5.41, 5.74) is 0.384. The van der Waals surface area contributed by atoms with Crippen LogP contribution in [0.3, 0.4) is 0 Å². The molecule has 1 N–H and O–H groups in total. The van der Waals surface area contributed by atoms with Crippen molar-refractivity contribution in [2.24, 2.45) is 0 Å². The molecule has 1 saturated heterocycles. The minimum Gasteiger partial charge on any atom is -0.394 e. The van der Waals surface area contributed by atoms with Crippen LogP contribution in [0.25, 0.3) is 0 Å². The Morgan fingerprint density at radius 2 is 2.44 bits per heavy atom. The van der Waals surface area contributed by atoms with Gasteiger partial charge in [0, 0.05) is 12.6 Å². The van der Waals surface area contributed by atoms with Crippen LogP contribution in [-0.2, 0) is 4.74 Å². The second-order valence-electron chi connectivity index (χ2n) is 4.19. The van der Waals surface area contributed by atoms with Crippen LogP contribution in [0.5, 0.6) is 0 Å². The molecule has 18 heavy (non-hydrogen) atoms. The molecule has 0 saturated carbocycles. The number of aliphatic hydroxyl groups is 1.